The maximum absolute atomic E-state index is 11.4. The first-order valence-corrected chi connectivity index (χ1v) is 7.27. The van der Waals surface area contributed by atoms with Crippen LogP contribution in [0.25, 0.3) is 0 Å². The third-order valence-corrected chi connectivity index (χ3v) is 4.29. The molecule has 4 heteroatoms. The molecule has 0 radical (unpaired) electrons. The SMILES string of the molecule is CCSc1cccc(NCC2(C)CC2)c1C(=O)O. The molecule has 0 aromatic heterocycles. The fourth-order valence-corrected chi connectivity index (χ4v) is 2.70. The van der Waals surface area contributed by atoms with Gasteiger partial charge in [0.15, 0.2) is 0 Å². The summed E-state index contributed by atoms with van der Waals surface area (Å²) in [5, 5.41) is 12.7. The molecule has 0 unspecified atom stereocenters. The van der Waals surface area contributed by atoms with E-state index in [4.69, 9.17) is 0 Å². The molecule has 0 amide bonds. The molecule has 1 aliphatic carbocycles. The lowest BCUT2D eigenvalue weighted by Gasteiger charge is -2.15. The van der Waals surface area contributed by atoms with Crippen molar-refractivity contribution >= 4 is 23.4 Å². The maximum Gasteiger partial charge on any atom is 0.338 e. The van der Waals surface area contributed by atoms with Gasteiger partial charge in [0.05, 0.1) is 5.56 Å². The van der Waals surface area contributed by atoms with Crippen molar-refractivity contribution in [2.24, 2.45) is 5.41 Å². The molecule has 0 aliphatic heterocycles. The summed E-state index contributed by atoms with van der Waals surface area (Å²) >= 11 is 1.57. The van der Waals surface area contributed by atoms with Crippen LogP contribution >= 0.6 is 11.8 Å². The van der Waals surface area contributed by atoms with E-state index >= 15 is 0 Å². The number of thioether (sulfide) groups is 1. The molecule has 0 saturated heterocycles. The Morgan fingerprint density at radius 3 is 2.78 bits per heavy atom. The summed E-state index contributed by atoms with van der Waals surface area (Å²) in [6, 6.07) is 5.65. The van der Waals surface area contributed by atoms with Crippen LogP contribution in [0.5, 0.6) is 0 Å². The quantitative estimate of drug-likeness (QED) is 0.770. The number of carbonyl (C=O) groups is 1. The van der Waals surface area contributed by atoms with Crippen LogP contribution in [0.3, 0.4) is 0 Å². The lowest BCUT2D eigenvalue weighted by molar-refractivity contribution is 0.0694. The second-order valence-electron chi connectivity index (χ2n) is 5.08. The molecule has 98 valence electrons. The molecular formula is C14H19NO2S. The normalized spacial score (nSPS) is 16.3. The molecule has 3 nitrogen and oxygen atoms in total. The van der Waals surface area contributed by atoms with E-state index in [-0.39, 0.29) is 0 Å². The van der Waals surface area contributed by atoms with Crippen LogP contribution in [0.4, 0.5) is 5.69 Å². The van der Waals surface area contributed by atoms with Crippen LogP contribution in [0.1, 0.15) is 37.0 Å². The summed E-state index contributed by atoms with van der Waals surface area (Å²) in [4.78, 5) is 12.2. The zero-order valence-corrected chi connectivity index (χ0v) is 11.6. The van der Waals surface area contributed by atoms with Crippen LogP contribution in [-0.4, -0.2) is 23.4 Å². The van der Waals surface area contributed by atoms with Crippen molar-refractivity contribution in [1.29, 1.82) is 0 Å². The zero-order valence-electron chi connectivity index (χ0n) is 10.8. The smallest absolute Gasteiger partial charge is 0.338 e. The predicted molar refractivity (Wildman–Crippen MR) is 75.6 cm³/mol. The summed E-state index contributed by atoms with van der Waals surface area (Å²) in [5.74, 6) is 0.0246. The Labute approximate surface area is 112 Å². The van der Waals surface area contributed by atoms with Gasteiger partial charge in [-0.25, -0.2) is 4.79 Å². The number of carboxylic acids is 1. The van der Waals surface area contributed by atoms with E-state index in [2.05, 4.69) is 12.2 Å². The van der Waals surface area contributed by atoms with Crippen LogP contribution < -0.4 is 5.32 Å². The Hall–Kier alpha value is -1.16. The fourth-order valence-electron chi connectivity index (χ4n) is 1.87. The first-order valence-electron chi connectivity index (χ1n) is 6.29. The molecule has 1 saturated carbocycles. The second-order valence-corrected chi connectivity index (χ2v) is 6.39. The Balaban J connectivity index is 2.21. The molecule has 0 spiro atoms. The first kappa shape index (κ1) is 13.3. The summed E-state index contributed by atoms with van der Waals surface area (Å²) in [6.45, 7) is 5.11. The van der Waals surface area contributed by atoms with Gasteiger partial charge in [0.2, 0.25) is 0 Å². The first-order chi connectivity index (χ1) is 8.56. The zero-order chi connectivity index (χ0) is 13.2. The highest BCUT2D eigenvalue weighted by atomic mass is 32.2. The average molecular weight is 265 g/mol. The highest BCUT2D eigenvalue weighted by Gasteiger charge is 2.37. The number of rotatable bonds is 6. The Kier molecular flexibility index (Phi) is 3.85. The minimum atomic E-state index is -0.852. The van der Waals surface area contributed by atoms with E-state index in [0.29, 0.717) is 11.0 Å². The maximum atomic E-state index is 11.4. The Morgan fingerprint density at radius 2 is 2.22 bits per heavy atom. The molecule has 0 bridgehead atoms. The van der Waals surface area contributed by atoms with Crippen molar-refractivity contribution in [3.05, 3.63) is 23.8 Å². The van der Waals surface area contributed by atoms with Crippen LogP contribution in [0, 0.1) is 5.41 Å². The van der Waals surface area contributed by atoms with Crippen LogP contribution in [-0.2, 0) is 0 Å². The fraction of sp³-hybridized carbons (Fsp3) is 0.500. The lowest BCUT2D eigenvalue weighted by atomic mass is 10.1. The van der Waals surface area contributed by atoms with E-state index in [0.717, 1.165) is 22.9 Å². The van der Waals surface area contributed by atoms with E-state index < -0.39 is 5.97 Å². The van der Waals surface area contributed by atoms with Gasteiger partial charge in [-0.05, 0) is 36.1 Å². The third-order valence-electron chi connectivity index (χ3n) is 3.35. The summed E-state index contributed by atoms with van der Waals surface area (Å²) in [6.07, 6.45) is 2.46. The summed E-state index contributed by atoms with van der Waals surface area (Å²) in [7, 11) is 0. The number of hydrogen-bond acceptors (Lipinski definition) is 3. The molecular weight excluding hydrogens is 246 g/mol. The molecule has 0 heterocycles. The largest absolute Gasteiger partial charge is 0.478 e. The van der Waals surface area contributed by atoms with Crippen molar-refractivity contribution in [3.8, 4) is 0 Å². The van der Waals surface area contributed by atoms with Crippen molar-refractivity contribution < 1.29 is 9.90 Å². The van der Waals surface area contributed by atoms with Crippen molar-refractivity contribution in [2.45, 2.75) is 31.6 Å². The lowest BCUT2D eigenvalue weighted by Crippen LogP contribution is -2.14. The van der Waals surface area contributed by atoms with Gasteiger partial charge >= 0.3 is 5.97 Å². The predicted octanol–water partition coefficient (Wildman–Crippen LogP) is 3.71. The van der Waals surface area contributed by atoms with Gasteiger partial charge in [-0.3, -0.25) is 0 Å². The van der Waals surface area contributed by atoms with Crippen LogP contribution in [0.2, 0.25) is 0 Å². The molecule has 1 aromatic carbocycles. The molecule has 1 aliphatic rings. The number of carboxylic acid groups (broad SMARTS) is 1. The van der Waals surface area contributed by atoms with Gasteiger partial charge < -0.3 is 10.4 Å². The van der Waals surface area contributed by atoms with Crippen molar-refractivity contribution in [2.75, 3.05) is 17.6 Å². The topological polar surface area (TPSA) is 49.3 Å². The third kappa shape index (κ3) is 2.99. The van der Waals surface area contributed by atoms with E-state index in [1.165, 1.54) is 12.8 Å². The molecule has 18 heavy (non-hydrogen) atoms. The average Bonchev–Trinajstić information content (AvgIpc) is 3.05. The van der Waals surface area contributed by atoms with Crippen molar-refractivity contribution in [3.63, 3.8) is 0 Å². The monoisotopic (exact) mass is 265 g/mol. The molecule has 1 aromatic rings. The molecule has 1 fully saturated rings. The van der Waals surface area contributed by atoms with Gasteiger partial charge in [-0.1, -0.05) is 19.9 Å². The number of anilines is 1. The van der Waals surface area contributed by atoms with Gasteiger partial charge in [0.25, 0.3) is 0 Å². The minimum Gasteiger partial charge on any atom is -0.478 e. The number of aromatic carboxylic acids is 1. The van der Waals surface area contributed by atoms with Crippen molar-refractivity contribution in [1.82, 2.24) is 0 Å². The molecule has 2 N–H and O–H groups in total. The number of benzene rings is 1. The highest BCUT2D eigenvalue weighted by Crippen LogP contribution is 2.45. The number of nitrogens with one attached hydrogen (secondary N) is 1. The van der Waals surface area contributed by atoms with Gasteiger partial charge in [0.1, 0.15) is 0 Å². The van der Waals surface area contributed by atoms with Gasteiger partial charge in [-0.2, -0.15) is 0 Å². The van der Waals surface area contributed by atoms with Gasteiger partial charge in [0, 0.05) is 17.1 Å². The van der Waals surface area contributed by atoms with E-state index in [1.54, 1.807) is 11.8 Å². The summed E-state index contributed by atoms with van der Waals surface area (Å²) < 4.78 is 0. The molecule has 0 atom stereocenters. The standard InChI is InChI=1S/C14H19NO2S/c1-3-18-11-6-4-5-10(12(11)13(16)17)15-9-14(2)7-8-14/h4-6,15H,3,7-9H2,1-2H3,(H,16,17). The van der Waals surface area contributed by atoms with E-state index in [1.807, 2.05) is 25.1 Å². The Morgan fingerprint density at radius 1 is 1.50 bits per heavy atom. The second kappa shape index (κ2) is 5.22. The van der Waals surface area contributed by atoms with E-state index in [9.17, 15) is 9.90 Å². The highest BCUT2D eigenvalue weighted by molar-refractivity contribution is 7.99. The Bertz CT molecular complexity index is 455. The van der Waals surface area contributed by atoms with Gasteiger partial charge in [-0.15, -0.1) is 11.8 Å². The molecule has 2 rings (SSSR count). The summed E-state index contributed by atoms with van der Waals surface area (Å²) in [5.41, 5.74) is 1.52. The minimum absolute atomic E-state index is 0.365. The number of hydrogen-bond donors (Lipinski definition) is 2. The van der Waals surface area contributed by atoms with Crippen LogP contribution in [0.15, 0.2) is 23.1 Å².